The van der Waals surface area contributed by atoms with E-state index in [2.05, 4.69) is 23.7 Å². The number of hydrogen-bond donors (Lipinski definition) is 1. The lowest BCUT2D eigenvalue weighted by Gasteiger charge is -2.24. The van der Waals surface area contributed by atoms with Gasteiger partial charge in [0.2, 0.25) is 0 Å². The Morgan fingerprint density at radius 1 is 1.30 bits per heavy atom. The van der Waals surface area contributed by atoms with Gasteiger partial charge in [-0.15, -0.1) is 0 Å². The first kappa shape index (κ1) is 15.1. The van der Waals surface area contributed by atoms with E-state index < -0.39 is 11.6 Å². The monoisotopic (exact) mass is 299 g/mol. The van der Waals surface area contributed by atoms with E-state index in [1.165, 1.54) is 6.07 Å². The van der Waals surface area contributed by atoms with Gasteiger partial charge in [-0.05, 0) is 38.3 Å². The SMILES string of the molecule is CCN(CC)CC(C)n1c(=S)[nH]c2c(F)cc(F)cc21. The van der Waals surface area contributed by atoms with Crippen LogP contribution in [0.4, 0.5) is 8.78 Å². The Hall–Kier alpha value is -1.27. The minimum Gasteiger partial charge on any atom is -0.328 e. The molecule has 3 nitrogen and oxygen atoms in total. The Labute approximate surface area is 122 Å². The molecule has 110 valence electrons. The summed E-state index contributed by atoms with van der Waals surface area (Å²) in [4.78, 5) is 5.08. The summed E-state index contributed by atoms with van der Waals surface area (Å²) in [7, 11) is 0. The molecule has 1 aromatic carbocycles. The Bertz CT molecular complexity index is 658. The van der Waals surface area contributed by atoms with E-state index in [1.54, 1.807) is 4.57 Å². The van der Waals surface area contributed by atoms with E-state index in [-0.39, 0.29) is 11.6 Å². The average Bonchev–Trinajstić information content (AvgIpc) is 2.72. The van der Waals surface area contributed by atoms with Gasteiger partial charge in [-0.2, -0.15) is 0 Å². The zero-order chi connectivity index (χ0) is 14.9. The molecule has 0 radical (unpaired) electrons. The van der Waals surface area contributed by atoms with Gasteiger partial charge in [0.25, 0.3) is 0 Å². The molecule has 2 rings (SSSR count). The Kier molecular flexibility index (Phi) is 4.55. The zero-order valence-corrected chi connectivity index (χ0v) is 12.7. The fourth-order valence-corrected chi connectivity index (χ4v) is 2.91. The van der Waals surface area contributed by atoms with E-state index in [9.17, 15) is 8.78 Å². The van der Waals surface area contributed by atoms with Crippen molar-refractivity contribution in [3.05, 3.63) is 28.5 Å². The number of benzene rings is 1. The Balaban J connectivity index is 2.48. The molecular weight excluding hydrogens is 280 g/mol. The van der Waals surface area contributed by atoms with Crippen LogP contribution < -0.4 is 0 Å². The lowest BCUT2D eigenvalue weighted by molar-refractivity contribution is 0.262. The molecule has 0 bridgehead atoms. The molecule has 1 unspecified atom stereocenters. The van der Waals surface area contributed by atoms with Crippen LogP contribution in [0.2, 0.25) is 0 Å². The maximum Gasteiger partial charge on any atom is 0.178 e. The molecule has 1 atom stereocenters. The number of fused-ring (bicyclic) bond motifs is 1. The van der Waals surface area contributed by atoms with Crippen molar-refractivity contribution in [1.82, 2.24) is 14.5 Å². The van der Waals surface area contributed by atoms with Crippen LogP contribution in [0, 0.1) is 16.4 Å². The lowest BCUT2D eigenvalue weighted by atomic mass is 10.2. The molecule has 0 aliphatic heterocycles. The topological polar surface area (TPSA) is 24.0 Å². The predicted molar refractivity (Wildman–Crippen MR) is 79.5 cm³/mol. The molecule has 0 amide bonds. The fourth-order valence-electron chi connectivity index (χ4n) is 2.53. The largest absolute Gasteiger partial charge is 0.328 e. The first-order chi connectivity index (χ1) is 9.47. The van der Waals surface area contributed by atoms with Crippen molar-refractivity contribution >= 4 is 23.3 Å². The van der Waals surface area contributed by atoms with Crippen LogP contribution in [-0.2, 0) is 0 Å². The third kappa shape index (κ3) is 2.76. The summed E-state index contributed by atoms with van der Waals surface area (Å²) >= 11 is 5.26. The highest BCUT2D eigenvalue weighted by Crippen LogP contribution is 2.23. The van der Waals surface area contributed by atoms with Gasteiger partial charge in [-0.25, -0.2) is 8.78 Å². The first-order valence-corrected chi connectivity index (χ1v) is 7.20. The summed E-state index contributed by atoms with van der Waals surface area (Å²) in [6, 6.07) is 2.23. The standard InChI is InChI=1S/C14H19F2N3S/c1-4-18(5-2)8-9(3)19-12-7-10(15)6-11(16)13(12)17-14(19)20/h6-7,9H,4-5,8H2,1-3H3,(H,17,20). The minimum atomic E-state index is -0.611. The molecule has 6 heteroatoms. The number of halogens is 2. The van der Waals surface area contributed by atoms with Crippen molar-refractivity contribution < 1.29 is 8.78 Å². The van der Waals surface area contributed by atoms with E-state index in [4.69, 9.17) is 12.2 Å². The van der Waals surface area contributed by atoms with Crippen LogP contribution in [-0.4, -0.2) is 34.1 Å². The van der Waals surface area contributed by atoms with Crippen molar-refractivity contribution in [2.24, 2.45) is 0 Å². The smallest absolute Gasteiger partial charge is 0.178 e. The molecular formula is C14H19F2N3S. The second kappa shape index (κ2) is 6.01. The molecule has 1 N–H and O–H groups in total. The quantitative estimate of drug-likeness (QED) is 0.847. The number of likely N-dealkylation sites (N-methyl/N-ethyl adjacent to an activating group) is 1. The van der Waals surface area contributed by atoms with Gasteiger partial charge in [-0.1, -0.05) is 13.8 Å². The molecule has 1 heterocycles. The average molecular weight is 299 g/mol. The number of rotatable bonds is 5. The van der Waals surface area contributed by atoms with Crippen LogP contribution in [0.3, 0.4) is 0 Å². The fraction of sp³-hybridized carbons (Fsp3) is 0.500. The number of aromatic amines is 1. The highest BCUT2D eigenvalue weighted by Gasteiger charge is 2.16. The molecule has 20 heavy (non-hydrogen) atoms. The number of imidazole rings is 1. The summed E-state index contributed by atoms with van der Waals surface area (Å²) in [6.45, 7) is 8.82. The van der Waals surface area contributed by atoms with Gasteiger partial charge in [0.15, 0.2) is 10.6 Å². The second-order valence-corrected chi connectivity index (χ2v) is 5.30. The van der Waals surface area contributed by atoms with Gasteiger partial charge in [0, 0.05) is 18.7 Å². The molecule has 0 fully saturated rings. The van der Waals surface area contributed by atoms with Crippen molar-refractivity contribution in [1.29, 1.82) is 0 Å². The van der Waals surface area contributed by atoms with E-state index in [0.29, 0.717) is 10.3 Å². The summed E-state index contributed by atoms with van der Waals surface area (Å²) in [5.41, 5.74) is 0.745. The van der Waals surface area contributed by atoms with Crippen LogP contribution in [0.1, 0.15) is 26.8 Å². The van der Waals surface area contributed by atoms with Crippen molar-refractivity contribution in [3.63, 3.8) is 0 Å². The van der Waals surface area contributed by atoms with Crippen LogP contribution in [0.5, 0.6) is 0 Å². The first-order valence-electron chi connectivity index (χ1n) is 6.79. The maximum absolute atomic E-state index is 13.8. The summed E-state index contributed by atoms with van der Waals surface area (Å²) in [6.07, 6.45) is 0. The Morgan fingerprint density at radius 3 is 2.55 bits per heavy atom. The van der Waals surface area contributed by atoms with E-state index in [1.807, 2.05) is 6.92 Å². The molecule has 0 spiro atoms. The highest BCUT2D eigenvalue weighted by atomic mass is 32.1. The van der Waals surface area contributed by atoms with Crippen LogP contribution >= 0.6 is 12.2 Å². The predicted octanol–water partition coefficient (Wildman–Crippen LogP) is 3.88. The van der Waals surface area contributed by atoms with Gasteiger partial charge in [-0.3, -0.25) is 0 Å². The molecule has 0 aliphatic rings. The molecule has 0 saturated heterocycles. The zero-order valence-electron chi connectivity index (χ0n) is 11.9. The third-order valence-corrected chi connectivity index (χ3v) is 3.90. The van der Waals surface area contributed by atoms with Crippen LogP contribution in [0.15, 0.2) is 12.1 Å². The molecule has 1 aromatic heterocycles. The molecule has 0 aliphatic carbocycles. The maximum atomic E-state index is 13.8. The number of hydrogen-bond acceptors (Lipinski definition) is 2. The summed E-state index contributed by atoms with van der Waals surface area (Å²) < 4.78 is 29.4. The normalized spacial score (nSPS) is 13.3. The van der Waals surface area contributed by atoms with Crippen molar-refractivity contribution in [2.45, 2.75) is 26.8 Å². The van der Waals surface area contributed by atoms with Gasteiger partial charge in [0.1, 0.15) is 11.3 Å². The van der Waals surface area contributed by atoms with E-state index >= 15 is 0 Å². The van der Waals surface area contributed by atoms with Crippen LogP contribution in [0.25, 0.3) is 11.0 Å². The number of nitrogens with zero attached hydrogens (tertiary/aromatic N) is 2. The number of nitrogens with one attached hydrogen (secondary N) is 1. The highest BCUT2D eigenvalue weighted by molar-refractivity contribution is 7.71. The van der Waals surface area contributed by atoms with Gasteiger partial charge >= 0.3 is 0 Å². The van der Waals surface area contributed by atoms with Crippen molar-refractivity contribution in [2.75, 3.05) is 19.6 Å². The number of aromatic nitrogens is 2. The third-order valence-electron chi connectivity index (χ3n) is 3.60. The minimum absolute atomic E-state index is 0.0392. The van der Waals surface area contributed by atoms with E-state index in [0.717, 1.165) is 25.7 Å². The van der Waals surface area contributed by atoms with Gasteiger partial charge < -0.3 is 14.5 Å². The van der Waals surface area contributed by atoms with Gasteiger partial charge in [0.05, 0.1) is 5.52 Å². The van der Waals surface area contributed by atoms with Crippen molar-refractivity contribution in [3.8, 4) is 0 Å². The Morgan fingerprint density at radius 2 is 1.95 bits per heavy atom. The molecule has 2 aromatic rings. The summed E-state index contributed by atoms with van der Waals surface area (Å²) in [5, 5.41) is 0. The summed E-state index contributed by atoms with van der Waals surface area (Å²) in [5.74, 6) is -1.20. The molecule has 0 saturated carbocycles. The lowest BCUT2D eigenvalue weighted by Crippen LogP contribution is -2.29. The number of H-pyrrole nitrogens is 1. The second-order valence-electron chi connectivity index (χ2n) is 4.92.